The number of hydrogen-bond donors (Lipinski definition) is 0. The molecule has 2 heterocycles. The molecule has 1 nitrogen and oxygen atoms in total. The first-order valence-corrected chi connectivity index (χ1v) is 7.20. The van der Waals surface area contributed by atoms with Gasteiger partial charge in [0.15, 0.2) is 0 Å². The number of anilines is 1. The Kier molecular flexibility index (Phi) is 2.85. The van der Waals surface area contributed by atoms with Crippen LogP contribution in [0.15, 0.2) is 18.2 Å². The summed E-state index contributed by atoms with van der Waals surface area (Å²) in [6.07, 6.45) is 7.92. The molecular weight excluding hydrogens is 206 g/mol. The van der Waals surface area contributed by atoms with Crippen LogP contribution in [0.1, 0.15) is 50.7 Å². The SMILES string of the molecule is CCC[C@@H]1CCc2cccc3c2N1[C@@H](C)CC3. The van der Waals surface area contributed by atoms with E-state index in [-0.39, 0.29) is 0 Å². The first-order chi connectivity index (χ1) is 8.31. The second-order valence-corrected chi connectivity index (χ2v) is 5.70. The van der Waals surface area contributed by atoms with Gasteiger partial charge in [-0.05, 0) is 50.2 Å². The van der Waals surface area contributed by atoms with Crippen molar-refractivity contribution < 1.29 is 0 Å². The molecule has 0 aliphatic carbocycles. The van der Waals surface area contributed by atoms with Crippen molar-refractivity contribution in [3.63, 3.8) is 0 Å². The van der Waals surface area contributed by atoms with Crippen LogP contribution in [0.3, 0.4) is 0 Å². The molecule has 3 rings (SSSR count). The van der Waals surface area contributed by atoms with Crippen LogP contribution >= 0.6 is 0 Å². The number of rotatable bonds is 2. The molecule has 2 aliphatic heterocycles. The molecule has 17 heavy (non-hydrogen) atoms. The van der Waals surface area contributed by atoms with E-state index in [2.05, 4.69) is 36.9 Å². The average molecular weight is 229 g/mol. The third-order valence-electron chi connectivity index (χ3n) is 4.53. The van der Waals surface area contributed by atoms with Crippen LogP contribution in [0, 0.1) is 0 Å². The minimum absolute atomic E-state index is 0.737. The lowest BCUT2D eigenvalue weighted by Crippen LogP contribution is -2.47. The van der Waals surface area contributed by atoms with Gasteiger partial charge in [-0.3, -0.25) is 0 Å². The molecule has 1 aromatic carbocycles. The third kappa shape index (κ3) is 1.76. The molecule has 0 fully saturated rings. The molecular formula is C16H23N. The van der Waals surface area contributed by atoms with E-state index in [9.17, 15) is 0 Å². The summed E-state index contributed by atoms with van der Waals surface area (Å²) in [6.45, 7) is 4.73. The van der Waals surface area contributed by atoms with Gasteiger partial charge in [0.2, 0.25) is 0 Å². The molecule has 1 aromatic rings. The molecule has 2 aliphatic rings. The fourth-order valence-corrected chi connectivity index (χ4v) is 3.72. The van der Waals surface area contributed by atoms with Gasteiger partial charge in [0.1, 0.15) is 0 Å². The van der Waals surface area contributed by atoms with Crippen molar-refractivity contribution in [2.24, 2.45) is 0 Å². The molecule has 2 atom stereocenters. The third-order valence-corrected chi connectivity index (χ3v) is 4.53. The molecule has 0 spiro atoms. The Morgan fingerprint density at radius 2 is 1.88 bits per heavy atom. The van der Waals surface area contributed by atoms with Crippen LogP contribution in [0.5, 0.6) is 0 Å². The van der Waals surface area contributed by atoms with Crippen LogP contribution in [0.2, 0.25) is 0 Å². The number of benzene rings is 1. The predicted octanol–water partition coefficient (Wildman–Crippen LogP) is 3.94. The molecule has 0 radical (unpaired) electrons. The molecule has 0 saturated heterocycles. The number of aryl methyl sites for hydroxylation is 2. The molecule has 0 bridgehead atoms. The van der Waals surface area contributed by atoms with Crippen LogP contribution in [-0.2, 0) is 12.8 Å². The second-order valence-electron chi connectivity index (χ2n) is 5.70. The van der Waals surface area contributed by atoms with E-state index in [1.54, 1.807) is 16.8 Å². The molecule has 0 aromatic heterocycles. The van der Waals surface area contributed by atoms with Gasteiger partial charge in [0, 0.05) is 17.8 Å². The Hall–Kier alpha value is -0.980. The lowest BCUT2D eigenvalue weighted by atomic mass is 9.84. The van der Waals surface area contributed by atoms with Gasteiger partial charge in [-0.1, -0.05) is 31.5 Å². The average Bonchev–Trinajstić information content (AvgIpc) is 2.35. The van der Waals surface area contributed by atoms with Gasteiger partial charge in [0.05, 0.1) is 0 Å². The Bertz CT molecular complexity index is 396. The van der Waals surface area contributed by atoms with Crippen molar-refractivity contribution in [3.05, 3.63) is 29.3 Å². The maximum Gasteiger partial charge on any atom is 0.0436 e. The number of hydrogen-bond acceptors (Lipinski definition) is 1. The summed E-state index contributed by atoms with van der Waals surface area (Å²) in [5.74, 6) is 0. The molecule has 0 N–H and O–H groups in total. The highest BCUT2D eigenvalue weighted by Gasteiger charge is 2.33. The summed E-state index contributed by atoms with van der Waals surface area (Å²) >= 11 is 0. The molecule has 0 saturated carbocycles. The lowest BCUT2D eigenvalue weighted by Gasteiger charge is -2.47. The van der Waals surface area contributed by atoms with E-state index in [0.717, 1.165) is 12.1 Å². The quantitative estimate of drug-likeness (QED) is 0.742. The highest BCUT2D eigenvalue weighted by Crippen LogP contribution is 2.40. The van der Waals surface area contributed by atoms with Gasteiger partial charge in [-0.15, -0.1) is 0 Å². The van der Waals surface area contributed by atoms with Crippen molar-refractivity contribution in [3.8, 4) is 0 Å². The van der Waals surface area contributed by atoms with Gasteiger partial charge in [-0.2, -0.15) is 0 Å². The Balaban J connectivity index is 2.04. The summed E-state index contributed by atoms with van der Waals surface area (Å²) in [5, 5.41) is 0. The van der Waals surface area contributed by atoms with Crippen LogP contribution in [0.25, 0.3) is 0 Å². The summed E-state index contributed by atoms with van der Waals surface area (Å²) in [7, 11) is 0. The Morgan fingerprint density at radius 1 is 1.18 bits per heavy atom. The molecule has 0 unspecified atom stereocenters. The van der Waals surface area contributed by atoms with Crippen molar-refractivity contribution in [2.45, 2.75) is 64.5 Å². The first kappa shape index (κ1) is 11.1. The van der Waals surface area contributed by atoms with E-state index in [1.807, 2.05) is 0 Å². The predicted molar refractivity (Wildman–Crippen MR) is 73.7 cm³/mol. The fourth-order valence-electron chi connectivity index (χ4n) is 3.72. The minimum Gasteiger partial charge on any atom is -0.365 e. The van der Waals surface area contributed by atoms with Gasteiger partial charge < -0.3 is 4.90 Å². The van der Waals surface area contributed by atoms with E-state index in [4.69, 9.17) is 0 Å². The molecule has 92 valence electrons. The van der Waals surface area contributed by atoms with Crippen LogP contribution in [-0.4, -0.2) is 12.1 Å². The number of para-hydroxylation sites is 1. The molecule has 0 amide bonds. The van der Waals surface area contributed by atoms with E-state index in [1.165, 1.54) is 38.5 Å². The van der Waals surface area contributed by atoms with Gasteiger partial charge in [0.25, 0.3) is 0 Å². The van der Waals surface area contributed by atoms with Gasteiger partial charge >= 0.3 is 0 Å². The van der Waals surface area contributed by atoms with Crippen LogP contribution in [0.4, 0.5) is 5.69 Å². The molecule has 1 heteroatoms. The maximum atomic E-state index is 2.75. The highest BCUT2D eigenvalue weighted by molar-refractivity contribution is 5.64. The largest absolute Gasteiger partial charge is 0.365 e. The smallest absolute Gasteiger partial charge is 0.0436 e. The fraction of sp³-hybridized carbons (Fsp3) is 0.625. The minimum atomic E-state index is 0.737. The van der Waals surface area contributed by atoms with Gasteiger partial charge in [-0.25, -0.2) is 0 Å². The zero-order chi connectivity index (χ0) is 11.8. The van der Waals surface area contributed by atoms with Crippen LogP contribution < -0.4 is 4.90 Å². The normalized spacial score (nSPS) is 26.8. The second kappa shape index (κ2) is 4.36. The van der Waals surface area contributed by atoms with Crippen molar-refractivity contribution >= 4 is 5.69 Å². The highest BCUT2D eigenvalue weighted by atomic mass is 15.2. The zero-order valence-corrected chi connectivity index (χ0v) is 11.1. The summed E-state index contributed by atoms with van der Waals surface area (Å²) in [5.41, 5.74) is 4.80. The monoisotopic (exact) mass is 229 g/mol. The standard InChI is InChI=1S/C16H23N/c1-3-5-15-11-10-14-7-4-6-13-9-8-12(2)17(15)16(13)14/h4,6-7,12,15H,3,5,8-11H2,1-2H3/t12-,15+/m0/s1. The Labute approximate surface area is 105 Å². The topological polar surface area (TPSA) is 3.24 Å². The van der Waals surface area contributed by atoms with Crippen molar-refractivity contribution in [1.29, 1.82) is 0 Å². The summed E-state index contributed by atoms with van der Waals surface area (Å²) in [6, 6.07) is 8.46. The summed E-state index contributed by atoms with van der Waals surface area (Å²) < 4.78 is 0. The summed E-state index contributed by atoms with van der Waals surface area (Å²) in [4.78, 5) is 2.75. The van der Waals surface area contributed by atoms with Crippen molar-refractivity contribution in [1.82, 2.24) is 0 Å². The lowest BCUT2D eigenvalue weighted by molar-refractivity contribution is 0.423. The Morgan fingerprint density at radius 3 is 2.59 bits per heavy atom. The van der Waals surface area contributed by atoms with E-state index >= 15 is 0 Å². The van der Waals surface area contributed by atoms with E-state index in [0.29, 0.717) is 0 Å². The number of nitrogens with zero attached hydrogens (tertiary/aromatic N) is 1. The van der Waals surface area contributed by atoms with Crippen molar-refractivity contribution in [2.75, 3.05) is 4.90 Å². The maximum absolute atomic E-state index is 2.75. The zero-order valence-electron chi connectivity index (χ0n) is 11.1. The van der Waals surface area contributed by atoms with E-state index < -0.39 is 0 Å². The first-order valence-electron chi connectivity index (χ1n) is 7.20.